The third-order valence-corrected chi connectivity index (χ3v) is 5.44. The van der Waals surface area contributed by atoms with Gasteiger partial charge in [-0.3, -0.25) is 4.90 Å². The quantitative estimate of drug-likeness (QED) is 0.900. The molecule has 1 aromatic carbocycles. The van der Waals surface area contributed by atoms with Gasteiger partial charge in [-0.15, -0.1) is 0 Å². The van der Waals surface area contributed by atoms with E-state index in [1.165, 1.54) is 11.1 Å². The van der Waals surface area contributed by atoms with Gasteiger partial charge in [0.25, 0.3) is 0 Å². The number of carbonyl (C=O) groups excluding carboxylic acids is 1. The van der Waals surface area contributed by atoms with Crippen LogP contribution in [0.25, 0.3) is 0 Å². The molecule has 3 heterocycles. The number of amides is 2. The summed E-state index contributed by atoms with van der Waals surface area (Å²) in [5, 5.41) is 3.13. The molecule has 1 N–H and O–H groups in total. The molecule has 27 heavy (non-hydrogen) atoms. The summed E-state index contributed by atoms with van der Waals surface area (Å²) in [7, 11) is 0. The first-order valence-electron chi connectivity index (χ1n) is 9.68. The van der Waals surface area contributed by atoms with Crippen LogP contribution in [0.4, 0.5) is 4.79 Å². The first-order valence-corrected chi connectivity index (χ1v) is 9.68. The minimum Gasteiger partial charge on any atom is -0.465 e. The van der Waals surface area contributed by atoms with Gasteiger partial charge in [-0.25, -0.2) is 4.79 Å². The van der Waals surface area contributed by atoms with E-state index in [0.717, 1.165) is 37.6 Å². The van der Waals surface area contributed by atoms with Crippen LogP contribution in [0.15, 0.2) is 40.8 Å². The first kappa shape index (κ1) is 18.1. The molecule has 144 valence electrons. The molecule has 6 nitrogen and oxygen atoms in total. The number of ether oxygens (including phenoxy) is 1. The van der Waals surface area contributed by atoms with Gasteiger partial charge in [-0.05, 0) is 36.6 Å². The van der Waals surface area contributed by atoms with Gasteiger partial charge in [0.15, 0.2) is 0 Å². The van der Waals surface area contributed by atoms with Gasteiger partial charge in [0, 0.05) is 32.7 Å². The highest BCUT2D eigenvalue weighted by Gasteiger charge is 2.27. The molecule has 0 radical (unpaired) electrons. The van der Waals surface area contributed by atoms with E-state index in [0.29, 0.717) is 26.3 Å². The zero-order valence-electron chi connectivity index (χ0n) is 15.8. The van der Waals surface area contributed by atoms with E-state index in [2.05, 4.69) is 28.4 Å². The molecule has 0 aliphatic carbocycles. The lowest BCUT2D eigenvalue weighted by atomic mass is 10.0. The van der Waals surface area contributed by atoms with Crippen molar-refractivity contribution in [2.45, 2.75) is 25.9 Å². The number of nitrogens with zero attached hydrogens (tertiary/aromatic N) is 2. The molecular formula is C21H27N3O3. The second kappa shape index (κ2) is 8.15. The lowest BCUT2D eigenvalue weighted by Gasteiger charge is -2.34. The first-order chi connectivity index (χ1) is 13.2. The van der Waals surface area contributed by atoms with E-state index in [1.807, 2.05) is 30.0 Å². The SMILES string of the molecule is Cc1ccc(C(CNC(=O)N2CCc3ccccc3C2)N2CCOCC2)o1. The molecule has 0 saturated carbocycles. The zero-order chi connectivity index (χ0) is 18.6. The maximum absolute atomic E-state index is 12.8. The van der Waals surface area contributed by atoms with Gasteiger partial charge < -0.3 is 19.4 Å². The Bertz CT molecular complexity index is 782. The van der Waals surface area contributed by atoms with Crippen molar-refractivity contribution in [1.82, 2.24) is 15.1 Å². The van der Waals surface area contributed by atoms with E-state index in [4.69, 9.17) is 9.15 Å². The fraction of sp³-hybridized carbons (Fsp3) is 0.476. The molecule has 4 rings (SSSR count). The monoisotopic (exact) mass is 369 g/mol. The number of carbonyl (C=O) groups is 1. The van der Waals surface area contributed by atoms with Crippen LogP contribution >= 0.6 is 0 Å². The average Bonchev–Trinajstić information content (AvgIpc) is 3.14. The van der Waals surface area contributed by atoms with Crippen LogP contribution in [-0.2, 0) is 17.7 Å². The summed E-state index contributed by atoms with van der Waals surface area (Å²) in [5.74, 6) is 1.79. The number of urea groups is 1. The van der Waals surface area contributed by atoms with Crippen molar-refractivity contribution < 1.29 is 13.9 Å². The molecule has 2 aliphatic heterocycles. The van der Waals surface area contributed by atoms with Crippen LogP contribution in [0, 0.1) is 6.92 Å². The van der Waals surface area contributed by atoms with Gasteiger partial charge >= 0.3 is 6.03 Å². The topological polar surface area (TPSA) is 58.0 Å². The lowest BCUT2D eigenvalue weighted by Crippen LogP contribution is -2.47. The predicted octanol–water partition coefficient (Wildman–Crippen LogP) is 2.73. The molecule has 0 bridgehead atoms. The predicted molar refractivity (Wildman–Crippen MR) is 103 cm³/mol. The summed E-state index contributed by atoms with van der Waals surface area (Å²) in [5.41, 5.74) is 2.59. The minimum absolute atomic E-state index is 0.00830. The zero-order valence-corrected chi connectivity index (χ0v) is 15.8. The largest absolute Gasteiger partial charge is 0.465 e. The number of morpholine rings is 1. The van der Waals surface area contributed by atoms with Crippen LogP contribution in [0.5, 0.6) is 0 Å². The molecule has 2 aromatic rings. The molecular weight excluding hydrogens is 342 g/mol. The smallest absolute Gasteiger partial charge is 0.317 e. The molecule has 2 amide bonds. The number of rotatable bonds is 4. The van der Waals surface area contributed by atoms with Gasteiger partial charge in [0.1, 0.15) is 11.5 Å². The molecule has 6 heteroatoms. The third-order valence-electron chi connectivity index (χ3n) is 5.44. The Kier molecular flexibility index (Phi) is 5.45. The van der Waals surface area contributed by atoms with Crippen molar-refractivity contribution in [2.24, 2.45) is 0 Å². The maximum atomic E-state index is 12.8. The molecule has 0 spiro atoms. The average molecular weight is 369 g/mol. The number of hydrogen-bond acceptors (Lipinski definition) is 4. The molecule has 1 fully saturated rings. The number of fused-ring (bicyclic) bond motifs is 1. The molecule has 1 saturated heterocycles. The van der Waals surface area contributed by atoms with E-state index in [-0.39, 0.29) is 12.1 Å². The van der Waals surface area contributed by atoms with Crippen molar-refractivity contribution in [3.63, 3.8) is 0 Å². The standard InChI is InChI=1S/C21H27N3O3/c1-16-6-7-20(27-16)19(23-10-12-26-13-11-23)14-22-21(25)24-9-8-17-4-2-3-5-18(17)15-24/h2-7,19H,8-15H2,1H3,(H,22,25). The van der Waals surface area contributed by atoms with Gasteiger partial charge in [0.05, 0.1) is 19.3 Å². The minimum atomic E-state index is -0.00830. The van der Waals surface area contributed by atoms with E-state index in [1.54, 1.807) is 0 Å². The fourth-order valence-corrected chi connectivity index (χ4v) is 3.90. The van der Waals surface area contributed by atoms with Crippen molar-refractivity contribution in [1.29, 1.82) is 0 Å². The normalized spacial score (nSPS) is 18.8. The van der Waals surface area contributed by atoms with Crippen molar-refractivity contribution in [3.8, 4) is 0 Å². The Morgan fingerprint density at radius 1 is 1.11 bits per heavy atom. The Labute approximate surface area is 160 Å². The molecule has 2 aliphatic rings. The number of aryl methyl sites for hydroxylation is 1. The van der Waals surface area contributed by atoms with E-state index in [9.17, 15) is 4.79 Å². The molecule has 1 atom stereocenters. The van der Waals surface area contributed by atoms with Gasteiger partial charge in [-0.2, -0.15) is 0 Å². The highest BCUT2D eigenvalue weighted by atomic mass is 16.5. The van der Waals surface area contributed by atoms with Crippen LogP contribution < -0.4 is 5.32 Å². The summed E-state index contributed by atoms with van der Waals surface area (Å²) in [6, 6.07) is 12.4. The lowest BCUT2D eigenvalue weighted by molar-refractivity contribution is 0.0119. The fourth-order valence-electron chi connectivity index (χ4n) is 3.90. The van der Waals surface area contributed by atoms with Crippen molar-refractivity contribution >= 4 is 6.03 Å². The maximum Gasteiger partial charge on any atom is 0.317 e. The highest BCUT2D eigenvalue weighted by Crippen LogP contribution is 2.24. The summed E-state index contributed by atoms with van der Waals surface area (Å²) in [6.45, 7) is 7.03. The summed E-state index contributed by atoms with van der Waals surface area (Å²) in [6.07, 6.45) is 0.911. The number of benzene rings is 1. The van der Waals surface area contributed by atoms with Crippen LogP contribution in [0.2, 0.25) is 0 Å². The molecule has 1 aromatic heterocycles. The van der Waals surface area contributed by atoms with Crippen LogP contribution in [0.1, 0.15) is 28.7 Å². The van der Waals surface area contributed by atoms with Crippen LogP contribution in [-0.4, -0.2) is 55.2 Å². The second-order valence-corrected chi connectivity index (χ2v) is 7.24. The Balaban J connectivity index is 1.40. The Morgan fingerprint density at radius 3 is 2.63 bits per heavy atom. The van der Waals surface area contributed by atoms with Crippen molar-refractivity contribution in [2.75, 3.05) is 39.4 Å². The summed E-state index contributed by atoms with van der Waals surface area (Å²) >= 11 is 0. The highest BCUT2D eigenvalue weighted by molar-refractivity contribution is 5.74. The Hall–Kier alpha value is -2.31. The van der Waals surface area contributed by atoms with Gasteiger partial charge in [-0.1, -0.05) is 24.3 Å². The Morgan fingerprint density at radius 2 is 1.89 bits per heavy atom. The van der Waals surface area contributed by atoms with Crippen LogP contribution in [0.3, 0.4) is 0 Å². The van der Waals surface area contributed by atoms with E-state index >= 15 is 0 Å². The number of hydrogen-bond donors (Lipinski definition) is 1. The number of nitrogens with one attached hydrogen (secondary N) is 1. The van der Waals surface area contributed by atoms with Gasteiger partial charge in [0.2, 0.25) is 0 Å². The summed E-state index contributed by atoms with van der Waals surface area (Å²) in [4.78, 5) is 17.0. The van der Waals surface area contributed by atoms with Crippen molar-refractivity contribution in [3.05, 3.63) is 59.0 Å². The molecule has 1 unspecified atom stereocenters. The second-order valence-electron chi connectivity index (χ2n) is 7.24. The number of furan rings is 1. The summed E-state index contributed by atoms with van der Waals surface area (Å²) < 4.78 is 11.4. The third kappa shape index (κ3) is 4.17. The van der Waals surface area contributed by atoms with E-state index < -0.39 is 0 Å².